The van der Waals surface area contributed by atoms with Crippen LogP contribution in [0.2, 0.25) is 0 Å². The van der Waals surface area contributed by atoms with Crippen molar-refractivity contribution in [2.75, 3.05) is 18.2 Å². The van der Waals surface area contributed by atoms with Crippen LogP contribution >= 0.6 is 0 Å². The lowest BCUT2D eigenvalue weighted by atomic mass is 9.86. The zero-order valence-corrected chi connectivity index (χ0v) is 13.7. The molecule has 0 spiro atoms. The fourth-order valence-electron chi connectivity index (χ4n) is 3.30. The third-order valence-electron chi connectivity index (χ3n) is 4.84. The average molecular weight is 315 g/mol. The highest BCUT2D eigenvalue weighted by Gasteiger charge is 2.22. The van der Waals surface area contributed by atoms with Crippen molar-refractivity contribution in [3.05, 3.63) is 29.8 Å². The average Bonchev–Trinajstić information content (AvgIpc) is 3.02. The highest BCUT2D eigenvalue weighted by Crippen LogP contribution is 2.24. The van der Waals surface area contributed by atoms with E-state index in [2.05, 4.69) is 10.4 Å². The van der Waals surface area contributed by atoms with Gasteiger partial charge >= 0.3 is 0 Å². The first-order valence-corrected chi connectivity index (χ1v) is 8.49. The van der Waals surface area contributed by atoms with E-state index in [0.29, 0.717) is 11.5 Å². The first-order chi connectivity index (χ1) is 11.2. The molecule has 5 nitrogen and oxygen atoms in total. The summed E-state index contributed by atoms with van der Waals surface area (Å²) in [6, 6.07) is 7.88. The van der Waals surface area contributed by atoms with Crippen LogP contribution in [-0.4, -0.2) is 35.9 Å². The van der Waals surface area contributed by atoms with Gasteiger partial charge in [-0.25, -0.2) is 0 Å². The van der Waals surface area contributed by atoms with Crippen molar-refractivity contribution in [1.29, 1.82) is 0 Å². The number of hydrogen-bond donors (Lipinski definition) is 2. The maximum atomic E-state index is 12.3. The number of hydrogen-bond acceptors (Lipinski definition) is 4. The molecule has 0 radical (unpaired) electrons. The van der Waals surface area contributed by atoms with Gasteiger partial charge in [-0.3, -0.25) is 9.80 Å². The largest absolute Gasteiger partial charge is 0.396 e. The molecule has 1 aliphatic carbocycles. The van der Waals surface area contributed by atoms with Gasteiger partial charge in [0.05, 0.1) is 5.69 Å². The minimum absolute atomic E-state index is 0.00916. The van der Waals surface area contributed by atoms with E-state index in [-0.39, 0.29) is 18.6 Å². The van der Waals surface area contributed by atoms with Crippen LogP contribution in [0.5, 0.6) is 0 Å². The van der Waals surface area contributed by atoms with Gasteiger partial charge in [0, 0.05) is 36.9 Å². The van der Waals surface area contributed by atoms with Gasteiger partial charge in [0.1, 0.15) is 0 Å². The summed E-state index contributed by atoms with van der Waals surface area (Å²) in [5.74, 6) is 0.400. The van der Waals surface area contributed by atoms with Gasteiger partial charge in [-0.2, -0.15) is 5.10 Å². The number of carbonyl (C=O) groups excluding carboxylic acids is 1. The Bertz CT molecular complexity index is 574. The molecule has 0 aromatic heterocycles. The molecular formula is C18H25N3O2. The zero-order chi connectivity index (χ0) is 16.2. The summed E-state index contributed by atoms with van der Waals surface area (Å²) < 4.78 is 0. The molecular weight excluding hydrogens is 290 g/mol. The highest BCUT2D eigenvalue weighted by atomic mass is 16.3. The van der Waals surface area contributed by atoms with E-state index in [1.165, 1.54) is 0 Å². The lowest BCUT2D eigenvalue weighted by Crippen LogP contribution is -2.38. The fourth-order valence-corrected chi connectivity index (χ4v) is 3.30. The molecule has 1 aromatic carbocycles. The van der Waals surface area contributed by atoms with E-state index in [4.69, 9.17) is 5.11 Å². The predicted molar refractivity (Wildman–Crippen MR) is 91.8 cm³/mol. The van der Waals surface area contributed by atoms with Crippen molar-refractivity contribution in [2.45, 2.75) is 45.1 Å². The van der Waals surface area contributed by atoms with E-state index in [1.807, 2.05) is 36.2 Å². The molecule has 0 atom stereocenters. The molecule has 1 aliphatic heterocycles. The number of nitrogens with one attached hydrogen (secondary N) is 1. The minimum Gasteiger partial charge on any atom is -0.396 e. The molecule has 23 heavy (non-hydrogen) atoms. The van der Waals surface area contributed by atoms with Crippen LogP contribution < -0.4 is 10.3 Å². The molecule has 2 N–H and O–H groups in total. The number of anilines is 1. The topological polar surface area (TPSA) is 64.9 Å². The quantitative estimate of drug-likeness (QED) is 0.897. The third-order valence-corrected chi connectivity index (χ3v) is 4.84. The summed E-state index contributed by atoms with van der Waals surface area (Å²) >= 11 is 0. The predicted octanol–water partition coefficient (Wildman–Crippen LogP) is 2.55. The molecule has 1 heterocycles. The van der Waals surface area contributed by atoms with E-state index >= 15 is 0 Å². The van der Waals surface area contributed by atoms with Gasteiger partial charge in [-0.05, 0) is 62.8 Å². The van der Waals surface area contributed by atoms with E-state index in [1.54, 1.807) is 0 Å². The number of rotatable bonds is 4. The standard InChI is InChI=1S/C18H25N3O2/c1-13-10-11-21(20-13)17-8-4-15(5-9-17)18(23)19-16-6-2-14(12-22)3-7-16/h4-5,8-9,14,16,22H,2-3,6-7,10-12H2,1H3,(H,19,23). The Morgan fingerprint density at radius 2 is 1.96 bits per heavy atom. The van der Waals surface area contributed by atoms with Crippen LogP contribution in [0, 0.1) is 5.92 Å². The Morgan fingerprint density at radius 3 is 2.52 bits per heavy atom. The maximum absolute atomic E-state index is 12.3. The molecule has 1 fully saturated rings. The first-order valence-electron chi connectivity index (χ1n) is 8.49. The number of amides is 1. The van der Waals surface area contributed by atoms with Gasteiger partial charge in [-0.15, -0.1) is 0 Å². The number of benzene rings is 1. The second-order valence-electron chi connectivity index (χ2n) is 6.63. The third kappa shape index (κ3) is 3.91. The van der Waals surface area contributed by atoms with Gasteiger partial charge in [0.2, 0.25) is 0 Å². The van der Waals surface area contributed by atoms with Gasteiger partial charge in [-0.1, -0.05) is 0 Å². The minimum atomic E-state index is -0.00916. The summed E-state index contributed by atoms with van der Waals surface area (Å²) in [5.41, 5.74) is 2.87. The van der Waals surface area contributed by atoms with Crippen molar-refractivity contribution in [1.82, 2.24) is 5.32 Å². The molecule has 3 rings (SSSR count). The molecule has 5 heteroatoms. The number of hydrazone groups is 1. The van der Waals surface area contributed by atoms with Gasteiger partial charge < -0.3 is 10.4 Å². The Labute approximate surface area is 137 Å². The highest BCUT2D eigenvalue weighted by molar-refractivity contribution is 5.94. The summed E-state index contributed by atoms with van der Waals surface area (Å²) in [6.45, 7) is 3.21. The second-order valence-corrected chi connectivity index (χ2v) is 6.63. The molecule has 0 unspecified atom stereocenters. The molecule has 124 valence electrons. The number of aliphatic hydroxyl groups excluding tert-OH is 1. The van der Waals surface area contributed by atoms with Crippen molar-refractivity contribution in [3.63, 3.8) is 0 Å². The van der Waals surface area contributed by atoms with Crippen molar-refractivity contribution < 1.29 is 9.90 Å². The van der Waals surface area contributed by atoms with Crippen molar-refractivity contribution >= 4 is 17.3 Å². The Hall–Kier alpha value is -1.88. The summed E-state index contributed by atoms with van der Waals surface area (Å²) in [7, 11) is 0. The fraction of sp³-hybridized carbons (Fsp3) is 0.556. The molecule has 2 aliphatic rings. The Kier molecular flexibility index (Phi) is 4.96. The van der Waals surface area contributed by atoms with Crippen LogP contribution in [-0.2, 0) is 0 Å². The zero-order valence-electron chi connectivity index (χ0n) is 13.7. The number of nitrogens with zero attached hydrogens (tertiary/aromatic N) is 2. The Balaban J connectivity index is 1.56. The molecule has 1 saturated carbocycles. The SMILES string of the molecule is CC1=NN(c2ccc(C(=O)NC3CCC(CO)CC3)cc2)CC1. The smallest absolute Gasteiger partial charge is 0.251 e. The summed E-state index contributed by atoms with van der Waals surface area (Å²) in [6.07, 6.45) is 4.89. The molecule has 1 amide bonds. The van der Waals surface area contributed by atoms with Crippen LogP contribution in [0.3, 0.4) is 0 Å². The second kappa shape index (κ2) is 7.13. The van der Waals surface area contributed by atoms with Crippen molar-refractivity contribution in [2.24, 2.45) is 11.0 Å². The van der Waals surface area contributed by atoms with Gasteiger partial charge in [0.25, 0.3) is 5.91 Å². The maximum Gasteiger partial charge on any atom is 0.251 e. The normalized spacial score (nSPS) is 24.4. The van der Waals surface area contributed by atoms with E-state index < -0.39 is 0 Å². The Morgan fingerprint density at radius 1 is 1.26 bits per heavy atom. The number of carbonyl (C=O) groups is 1. The molecule has 1 aromatic rings. The van der Waals surface area contributed by atoms with Crippen LogP contribution in [0.4, 0.5) is 5.69 Å². The van der Waals surface area contributed by atoms with Crippen LogP contribution in [0.15, 0.2) is 29.4 Å². The lowest BCUT2D eigenvalue weighted by Gasteiger charge is -2.28. The molecule has 0 bridgehead atoms. The van der Waals surface area contributed by atoms with E-state index in [9.17, 15) is 4.79 Å². The van der Waals surface area contributed by atoms with Gasteiger partial charge in [0.15, 0.2) is 0 Å². The van der Waals surface area contributed by atoms with Crippen LogP contribution in [0.1, 0.15) is 49.4 Å². The van der Waals surface area contributed by atoms with Crippen LogP contribution in [0.25, 0.3) is 0 Å². The first kappa shape index (κ1) is 16.0. The summed E-state index contributed by atoms with van der Waals surface area (Å²) in [4.78, 5) is 12.3. The molecule has 0 saturated heterocycles. The summed E-state index contributed by atoms with van der Waals surface area (Å²) in [5, 5.41) is 18.7. The lowest BCUT2D eigenvalue weighted by molar-refractivity contribution is 0.0914. The monoisotopic (exact) mass is 315 g/mol. The van der Waals surface area contributed by atoms with E-state index in [0.717, 1.165) is 50.0 Å². The van der Waals surface area contributed by atoms with Crippen molar-refractivity contribution in [3.8, 4) is 0 Å². The number of aliphatic hydroxyl groups is 1.